The zero-order valence-electron chi connectivity index (χ0n) is 21.4. The molecule has 0 atom stereocenters. The molecule has 2 aromatic rings. The van der Waals surface area contributed by atoms with Crippen LogP contribution in [0, 0.1) is 6.92 Å². The number of hydrogen-bond acceptors (Lipinski definition) is 9. The molecule has 0 saturated heterocycles. The molecule has 2 aromatic heterocycles. The van der Waals surface area contributed by atoms with Gasteiger partial charge in [0, 0.05) is 6.07 Å². The van der Waals surface area contributed by atoms with Crippen molar-refractivity contribution >= 4 is 22.8 Å². The maximum atomic E-state index is 8.12. The van der Waals surface area contributed by atoms with Crippen molar-refractivity contribution in [3.8, 4) is 17.7 Å². The molecular weight excluding hydrogens is 448 g/mol. The van der Waals surface area contributed by atoms with E-state index in [-0.39, 0.29) is 16.2 Å². The van der Waals surface area contributed by atoms with Crippen molar-refractivity contribution in [1.82, 2.24) is 10.3 Å². The molecule has 0 aliphatic heterocycles. The Morgan fingerprint density at radius 1 is 0.812 bits per heavy atom. The van der Waals surface area contributed by atoms with Gasteiger partial charge in [0.25, 0.3) is 16.6 Å². The quantitative estimate of drug-likeness (QED) is 0.480. The highest BCUT2D eigenvalue weighted by Gasteiger charge is 2.40. The first-order valence-corrected chi connectivity index (χ1v) is 16.0. The minimum absolute atomic E-state index is 0.152. The summed E-state index contributed by atoms with van der Waals surface area (Å²) in [6.07, 6.45) is 0.250. The van der Waals surface area contributed by atoms with Gasteiger partial charge in [-0.2, -0.15) is 9.59 Å². The van der Waals surface area contributed by atoms with Gasteiger partial charge in [-0.05, 0) is 53.5 Å². The molecule has 32 heavy (non-hydrogen) atoms. The Bertz CT molecular complexity index is 856. The van der Waals surface area contributed by atoms with Gasteiger partial charge in [-0.3, -0.25) is 0 Å². The summed E-state index contributed by atoms with van der Waals surface area (Å²) in [5.41, 5.74) is 0. The lowest BCUT2D eigenvalue weighted by Crippen LogP contribution is -2.43. The number of nitrogens with zero attached hydrogens (tertiary/aromatic N) is 2. The zero-order valence-corrected chi connectivity index (χ0v) is 23.4. The zero-order chi connectivity index (χ0) is 25.4. The Morgan fingerprint density at radius 2 is 1.19 bits per heavy atom. The third-order valence-electron chi connectivity index (χ3n) is 5.61. The molecule has 0 aliphatic carbocycles. The largest absolute Gasteiger partial charge is 0.529 e. The molecule has 2 rings (SSSR count). The highest BCUT2D eigenvalue weighted by molar-refractivity contribution is 6.75. The van der Waals surface area contributed by atoms with Gasteiger partial charge in [-0.15, -0.1) is 0 Å². The van der Waals surface area contributed by atoms with E-state index in [9.17, 15) is 0 Å². The molecule has 0 aliphatic rings. The molecule has 0 amide bonds. The smallest absolute Gasteiger partial charge is 0.373 e. The van der Waals surface area contributed by atoms with Crippen molar-refractivity contribution in [2.45, 2.75) is 84.7 Å². The monoisotopic (exact) mass is 486 g/mol. The Kier molecular flexibility index (Phi) is 10.6. The molecule has 0 aromatic carbocycles. The van der Waals surface area contributed by atoms with Crippen LogP contribution >= 0.6 is 0 Å². The van der Waals surface area contributed by atoms with Crippen molar-refractivity contribution in [3.63, 3.8) is 0 Å². The molecular formula is C21H38N2O7Si2. The van der Waals surface area contributed by atoms with Crippen LogP contribution in [0.15, 0.2) is 21.2 Å². The normalized spacial score (nSPS) is 11.9. The van der Waals surface area contributed by atoms with Crippen LogP contribution in [0.4, 0.5) is 0 Å². The summed E-state index contributed by atoms with van der Waals surface area (Å²) in [7, 11) is -2.04. The van der Waals surface area contributed by atoms with Gasteiger partial charge in [0.15, 0.2) is 0 Å². The van der Waals surface area contributed by atoms with Crippen LogP contribution in [0.3, 0.4) is 0 Å². The van der Waals surface area contributed by atoms with E-state index in [4.69, 9.17) is 32.2 Å². The van der Waals surface area contributed by atoms with Gasteiger partial charge in [-0.25, -0.2) is 0 Å². The van der Waals surface area contributed by atoms with Crippen molar-refractivity contribution in [2.75, 3.05) is 7.11 Å². The first-order valence-electron chi connectivity index (χ1n) is 10.2. The van der Waals surface area contributed by atoms with Crippen molar-refractivity contribution in [1.29, 1.82) is 0 Å². The van der Waals surface area contributed by atoms with Crippen molar-refractivity contribution in [3.05, 3.63) is 17.9 Å². The van der Waals surface area contributed by atoms with Crippen LogP contribution < -0.4 is 13.6 Å². The fourth-order valence-corrected chi connectivity index (χ4v) is 3.46. The molecule has 0 saturated carbocycles. The van der Waals surface area contributed by atoms with E-state index in [1.54, 1.807) is 6.07 Å². The summed E-state index contributed by atoms with van der Waals surface area (Å²) < 4.78 is 26.6. The summed E-state index contributed by atoms with van der Waals surface area (Å²) >= 11 is 0. The number of carbonyl (C=O) groups excluding carboxylic acids is 2. The first kappa shape index (κ1) is 29.6. The number of methoxy groups -OCH3 is 1. The minimum Gasteiger partial charge on any atom is -0.529 e. The number of rotatable bonds is 5. The SMILES string of the molecule is COc1cc(O[Si](C)(C)C(C)(C)C)no1.Cc1cc(O[Si](C)(C)C(C)(C)C)no1.O=C=O. The summed E-state index contributed by atoms with van der Waals surface area (Å²) in [5, 5.41) is 8.00. The number of aromatic nitrogens is 2. The van der Waals surface area contributed by atoms with Crippen LogP contribution in [0.2, 0.25) is 36.3 Å². The lowest BCUT2D eigenvalue weighted by atomic mass is 10.2. The summed E-state index contributed by atoms with van der Waals surface area (Å²) in [6, 6.07) is 3.50. The van der Waals surface area contributed by atoms with E-state index in [1.165, 1.54) is 7.11 Å². The van der Waals surface area contributed by atoms with Gasteiger partial charge < -0.3 is 22.6 Å². The number of aryl methyl sites for hydroxylation is 1. The van der Waals surface area contributed by atoms with Crippen LogP contribution in [0.5, 0.6) is 17.7 Å². The van der Waals surface area contributed by atoms with E-state index in [0.29, 0.717) is 17.7 Å². The van der Waals surface area contributed by atoms with Crippen LogP contribution in [-0.4, -0.2) is 40.2 Å². The third kappa shape index (κ3) is 9.41. The average molecular weight is 487 g/mol. The lowest BCUT2D eigenvalue weighted by molar-refractivity contribution is -0.191. The predicted octanol–water partition coefficient (Wildman–Crippen LogP) is 5.85. The molecule has 0 N–H and O–H groups in total. The van der Waals surface area contributed by atoms with E-state index in [0.717, 1.165) is 5.76 Å². The highest BCUT2D eigenvalue weighted by atomic mass is 28.4. The average Bonchev–Trinajstić information content (AvgIpc) is 3.22. The maximum Gasteiger partial charge on any atom is 0.373 e. The van der Waals surface area contributed by atoms with Crippen molar-refractivity contribution < 1.29 is 32.2 Å². The van der Waals surface area contributed by atoms with Gasteiger partial charge in [0.1, 0.15) is 5.76 Å². The minimum atomic E-state index is -1.82. The van der Waals surface area contributed by atoms with Gasteiger partial charge >= 0.3 is 12.1 Å². The topological polar surface area (TPSA) is 114 Å². The summed E-state index contributed by atoms with van der Waals surface area (Å²) in [4.78, 5) is 16.2. The third-order valence-corrected chi connectivity index (χ3v) is 14.3. The molecule has 0 radical (unpaired) electrons. The maximum absolute atomic E-state index is 8.12. The van der Waals surface area contributed by atoms with E-state index < -0.39 is 16.6 Å². The molecule has 0 spiro atoms. The summed E-state index contributed by atoms with van der Waals surface area (Å²) in [5.74, 6) is 2.30. The van der Waals surface area contributed by atoms with Crippen LogP contribution in [-0.2, 0) is 9.59 Å². The van der Waals surface area contributed by atoms with Gasteiger partial charge in [-0.1, -0.05) is 41.5 Å². The number of hydrogen-bond donors (Lipinski definition) is 0. The first-order chi connectivity index (χ1) is 14.4. The van der Waals surface area contributed by atoms with Crippen LogP contribution in [0.1, 0.15) is 47.3 Å². The Balaban J connectivity index is 0.000000536. The van der Waals surface area contributed by atoms with Crippen LogP contribution in [0.25, 0.3) is 0 Å². The van der Waals surface area contributed by atoms with E-state index in [2.05, 4.69) is 78.0 Å². The van der Waals surface area contributed by atoms with Gasteiger partial charge in [0.2, 0.25) is 11.8 Å². The summed E-state index contributed by atoms with van der Waals surface area (Å²) in [6.45, 7) is 23.7. The molecule has 0 fully saturated rings. The highest BCUT2D eigenvalue weighted by Crippen LogP contribution is 2.38. The Hall–Kier alpha value is -2.37. The second-order valence-corrected chi connectivity index (χ2v) is 19.7. The fourth-order valence-electron chi connectivity index (χ4n) is 1.61. The van der Waals surface area contributed by atoms with Crippen molar-refractivity contribution in [2.24, 2.45) is 0 Å². The fraction of sp³-hybridized carbons (Fsp3) is 0.667. The molecule has 2 heterocycles. The predicted molar refractivity (Wildman–Crippen MR) is 125 cm³/mol. The second kappa shape index (κ2) is 11.5. The van der Waals surface area contributed by atoms with Gasteiger partial charge in [0.05, 0.1) is 13.2 Å². The molecule has 182 valence electrons. The van der Waals surface area contributed by atoms with E-state index in [1.807, 2.05) is 13.0 Å². The molecule has 11 heteroatoms. The second-order valence-electron chi connectivity index (χ2n) is 10.3. The number of ether oxygens (including phenoxy) is 1. The molecule has 0 unspecified atom stereocenters. The lowest BCUT2D eigenvalue weighted by Gasteiger charge is -2.35. The molecule has 9 nitrogen and oxygen atoms in total. The Morgan fingerprint density at radius 3 is 1.47 bits per heavy atom. The molecule has 0 bridgehead atoms. The standard InChI is InChI=1S/C10H19NO3Si.C10H19NO2Si.CO2/c1-10(2,3)15(5,6)14-8-7-9(12-4)13-11-8;1-8-7-9(11-12-8)13-14(5,6)10(2,3)4;2-1-3/h7H,1-6H3;7H,1-6H3;. The van der Waals surface area contributed by atoms with E-state index >= 15 is 0 Å². The Labute approximate surface area is 193 Å².